The zero-order valence-corrected chi connectivity index (χ0v) is 9.11. The molecule has 1 aromatic carbocycles. The van der Waals surface area contributed by atoms with Gasteiger partial charge in [0.15, 0.2) is 0 Å². The number of benzene rings is 1. The number of anilines is 1. The zero-order valence-electron chi connectivity index (χ0n) is 8.29. The number of nitrogens with zero attached hydrogens (tertiary/aromatic N) is 1. The third-order valence-electron chi connectivity index (χ3n) is 1.92. The Hall–Kier alpha value is -1.88. The van der Waals surface area contributed by atoms with Gasteiger partial charge in [0.25, 0.3) is 10.0 Å². The van der Waals surface area contributed by atoms with E-state index in [1.165, 1.54) is 18.5 Å². The lowest BCUT2D eigenvalue weighted by atomic mass is 10.3. The molecule has 1 radical (unpaired) electrons. The molecule has 1 aromatic heterocycles. The van der Waals surface area contributed by atoms with E-state index in [1.807, 2.05) is 0 Å². The number of sulfonamides is 1. The number of rotatable bonds is 3. The third-order valence-corrected chi connectivity index (χ3v) is 3.28. The summed E-state index contributed by atoms with van der Waals surface area (Å²) in [6.07, 6.45) is 2.83. The van der Waals surface area contributed by atoms with Crippen molar-refractivity contribution in [3.8, 4) is 0 Å². The van der Waals surface area contributed by atoms with Crippen molar-refractivity contribution in [1.82, 2.24) is 4.98 Å². The molecule has 1 N–H and O–H groups in total. The first-order valence-corrected chi connectivity index (χ1v) is 6.06. The molecule has 16 heavy (non-hydrogen) atoms. The number of hydrogen-bond acceptors (Lipinski definition) is 3. The summed E-state index contributed by atoms with van der Waals surface area (Å²) in [5.41, 5.74) is 0.502. The second kappa shape index (κ2) is 4.32. The number of hydrogen-bond donors (Lipinski definition) is 1. The zero-order chi connectivity index (χ0) is 11.4. The van der Waals surface area contributed by atoms with Gasteiger partial charge in [-0.15, -0.1) is 0 Å². The fourth-order valence-electron chi connectivity index (χ4n) is 1.18. The highest BCUT2D eigenvalue weighted by atomic mass is 32.2. The van der Waals surface area contributed by atoms with Gasteiger partial charge in [-0.25, -0.2) is 8.42 Å². The Morgan fingerprint density at radius 2 is 1.94 bits per heavy atom. The Labute approximate surface area is 94.0 Å². The molecule has 2 rings (SSSR count). The van der Waals surface area contributed by atoms with Gasteiger partial charge in [0.1, 0.15) is 4.90 Å². The first kappa shape index (κ1) is 10.6. The second-order valence-corrected chi connectivity index (χ2v) is 4.77. The molecule has 0 unspecified atom stereocenters. The largest absolute Gasteiger partial charge is 0.280 e. The highest BCUT2D eigenvalue weighted by Crippen LogP contribution is 2.13. The Morgan fingerprint density at radius 3 is 2.56 bits per heavy atom. The minimum Gasteiger partial charge on any atom is -0.280 e. The monoisotopic (exact) mass is 233 g/mol. The lowest BCUT2D eigenvalue weighted by molar-refractivity contribution is 0.601. The summed E-state index contributed by atoms with van der Waals surface area (Å²) in [5.74, 6) is 0. The van der Waals surface area contributed by atoms with Crippen LogP contribution in [-0.4, -0.2) is 13.4 Å². The van der Waals surface area contributed by atoms with Gasteiger partial charge < -0.3 is 0 Å². The van der Waals surface area contributed by atoms with Crippen molar-refractivity contribution in [3.05, 3.63) is 54.9 Å². The molecule has 5 heteroatoms. The predicted molar refractivity (Wildman–Crippen MR) is 60.3 cm³/mol. The maximum absolute atomic E-state index is 11.8. The van der Waals surface area contributed by atoms with E-state index in [4.69, 9.17) is 0 Å². The Balaban J connectivity index is 2.29. The van der Waals surface area contributed by atoms with Gasteiger partial charge in [-0.3, -0.25) is 9.71 Å². The molecule has 0 amide bonds. The standard InChI is InChI=1S/C11H9N2O2S/c14-16(15,11-7-4-8-12-9-11)13-10-5-2-1-3-6-10/h2-9,13H. The Kier molecular flexibility index (Phi) is 2.87. The van der Waals surface area contributed by atoms with E-state index in [2.05, 4.69) is 15.8 Å². The maximum atomic E-state index is 11.8. The lowest BCUT2D eigenvalue weighted by Crippen LogP contribution is -2.12. The molecule has 1 heterocycles. The van der Waals surface area contributed by atoms with Crippen LogP contribution < -0.4 is 4.72 Å². The van der Waals surface area contributed by atoms with Crippen LogP contribution in [0.3, 0.4) is 0 Å². The first-order valence-electron chi connectivity index (χ1n) is 4.57. The third kappa shape index (κ3) is 2.38. The number of nitrogens with one attached hydrogen (secondary N) is 1. The van der Waals surface area contributed by atoms with Crippen molar-refractivity contribution in [2.45, 2.75) is 4.90 Å². The minimum absolute atomic E-state index is 0.142. The van der Waals surface area contributed by atoms with Crippen LogP contribution >= 0.6 is 0 Å². The van der Waals surface area contributed by atoms with E-state index in [0.29, 0.717) is 5.69 Å². The van der Waals surface area contributed by atoms with Crippen LogP contribution in [0.25, 0.3) is 0 Å². The summed E-state index contributed by atoms with van der Waals surface area (Å²) in [4.78, 5) is 3.91. The highest BCUT2D eigenvalue weighted by molar-refractivity contribution is 7.92. The van der Waals surface area contributed by atoms with Crippen molar-refractivity contribution in [1.29, 1.82) is 0 Å². The SMILES string of the molecule is O=S(=O)(Nc1cc[c]cc1)c1cccnc1. The molecule has 0 fully saturated rings. The summed E-state index contributed by atoms with van der Waals surface area (Å²) in [7, 11) is -3.54. The molecule has 0 saturated heterocycles. The molecule has 0 bridgehead atoms. The van der Waals surface area contributed by atoms with Gasteiger partial charge in [0.05, 0.1) is 0 Å². The molecule has 0 aliphatic rings. The van der Waals surface area contributed by atoms with Crippen LogP contribution in [0, 0.1) is 6.07 Å². The van der Waals surface area contributed by atoms with Crippen LogP contribution in [0.1, 0.15) is 0 Å². The smallest absolute Gasteiger partial charge is 0.263 e. The van der Waals surface area contributed by atoms with E-state index in [0.717, 1.165) is 0 Å². The van der Waals surface area contributed by atoms with E-state index < -0.39 is 10.0 Å². The first-order chi connectivity index (χ1) is 7.68. The van der Waals surface area contributed by atoms with E-state index >= 15 is 0 Å². The lowest BCUT2D eigenvalue weighted by Gasteiger charge is -2.06. The van der Waals surface area contributed by atoms with Gasteiger partial charge in [0.2, 0.25) is 0 Å². The molecular formula is C11H9N2O2S. The van der Waals surface area contributed by atoms with Crippen LogP contribution in [0.2, 0.25) is 0 Å². The molecule has 0 atom stereocenters. The molecule has 4 nitrogen and oxygen atoms in total. The quantitative estimate of drug-likeness (QED) is 0.877. The maximum Gasteiger partial charge on any atom is 0.263 e. The van der Waals surface area contributed by atoms with Gasteiger partial charge in [0, 0.05) is 18.1 Å². The molecule has 0 saturated carbocycles. The fraction of sp³-hybridized carbons (Fsp3) is 0. The summed E-state index contributed by atoms with van der Waals surface area (Å²) >= 11 is 0. The normalized spacial score (nSPS) is 11.0. The summed E-state index contributed by atoms with van der Waals surface area (Å²) in [6, 6.07) is 12.4. The van der Waals surface area contributed by atoms with Crippen LogP contribution in [-0.2, 0) is 10.0 Å². The van der Waals surface area contributed by atoms with E-state index in [-0.39, 0.29) is 4.90 Å². The Bertz CT molecular complexity index is 553. The molecule has 0 spiro atoms. The molecule has 2 aromatic rings. The van der Waals surface area contributed by atoms with Crippen molar-refractivity contribution < 1.29 is 8.42 Å². The van der Waals surface area contributed by atoms with Crippen molar-refractivity contribution in [2.24, 2.45) is 0 Å². The van der Waals surface area contributed by atoms with Gasteiger partial charge in [-0.2, -0.15) is 0 Å². The number of pyridine rings is 1. The Morgan fingerprint density at radius 1 is 1.19 bits per heavy atom. The summed E-state index contributed by atoms with van der Waals surface area (Å²) in [5, 5.41) is 0. The van der Waals surface area contributed by atoms with Crippen LogP contribution in [0.5, 0.6) is 0 Å². The van der Waals surface area contributed by atoms with Gasteiger partial charge >= 0.3 is 0 Å². The second-order valence-electron chi connectivity index (χ2n) is 3.08. The minimum atomic E-state index is -3.54. The van der Waals surface area contributed by atoms with E-state index in [9.17, 15) is 8.42 Å². The molecule has 81 valence electrons. The topological polar surface area (TPSA) is 59.1 Å². The van der Waals surface area contributed by atoms with Crippen molar-refractivity contribution >= 4 is 15.7 Å². The highest BCUT2D eigenvalue weighted by Gasteiger charge is 2.13. The molecular weight excluding hydrogens is 224 g/mol. The fourth-order valence-corrected chi connectivity index (χ4v) is 2.20. The van der Waals surface area contributed by atoms with Gasteiger partial charge in [-0.1, -0.05) is 12.1 Å². The van der Waals surface area contributed by atoms with Crippen molar-refractivity contribution in [2.75, 3.05) is 4.72 Å². The van der Waals surface area contributed by atoms with Crippen molar-refractivity contribution in [3.63, 3.8) is 0 Å². The average Bonchev–Trinajstić information content (AvgIpc) is 2.31. The number of aromatic nitrogens is 1. The summed E-state index contributed by atoms with van der Waals surface area (Å²) < 4.78 is 26.1. The van der Waals surface area contributed by atoms with Crippen LogP contribution in [0.15, 0.2) is 53.7 Å². The summed E-state index contributed by atoms with van der Waals surface area (Å²) in [6.45, 7) is 0. The van der Waals surface area contributed by atoms with E-state index in [1.54, 1.807) is 30.3 Å². The van der Waals surface area contributed by atoms with Gasteiger partial charge in [-0.05, 0) is 30.3 Å². The molecule has 0 aliphatic carbocycles. The predicted octanol–water partition coefficient (Wildman–Crippen LogP) is 1.68. The van der Waals surface area contributed by atoms with Crippen LogP contribution in [0.4, 0.5) is 5.69 Å². The average molecular weight is 233 g/mol. The molecule has 0 aliphatic heterocycles.